The van der Waals surface area contributed by atoms with Crippen molar-refractivity contribution in [3.63, 3.8) is 0 Å². The van der Waals surface area contributed by atoms with Gasteiger partial charge in [0.25, 0.3) is 0 Å². The van der Waals surface area contributed by atoms with Crippen LogP contribution in [-0.4, -0.2) is 65.3 Å². The van der Waals surface area contributed by atoms with Gasteiger partial charge in [0.15, 0.2) is 0 Å². The molecule has 2 atom stereocenters. The van der Waals surface area contributed by atoms with Gasteiger partial charge in [-0.1, -0.05) is 0 Å². The zero-order chi connectivity index (χ0) is 18.1. The van der Waals surface area contributed by atoms with Crippen molar-refractivity contribution >= 4 is 11.7 Å². The molecule has 0 bridgehead atoms. The first-order chi connectivity index (χ1) is 11.8. The van der Waals surface area contributed by atoms with Crippen molar-refractivity contribution < 1.29 is 24.5 Å². The second-order valence-corrected chi connectivity index (χ2v) is 7.19. The number of rotatable bonds is 2. The number of amides is 2. The molecular formula is C18H26N2O5. The minimum atomic E-state index is -1.15. The molecule has 7 heteroatoms. The highest BCUT2D eigenvalue weighted by molar-refractivity contribution is 5.89. The Hall–Kier alpha value is -1.83. The lowest BCUT2D eigenvalue weighted by Crippen LogP contribution is -2.59. The van der Waals surface area contributed by atoms with Gasteiger partial charge in [-0.3, -0.25) is 0 Å². The molecule has 2 aliphatic rings. The minimum absolute atomic E-state index is 0.130. The highest BCUT2D eigenvalue weighted by Crippen LogP contribution is 2.39. The molecule has 2 aliphatic heterocycles. The SMILES string of the molecule is COc1ccc(NC(=O)N2CCC3(CC2)C[C@](C)(O)[C@@H](O)CO3)cc1. The second-order valence-electron chi connectivity index (χ2n) is 7.19. The van der Waals surface area contributed by atoms with E-state index in [0.717, 1.165) is 5.75 Å². The summed E-state index contributed by atoms with van der Waals surface area (Å²) in [6, 6.07) is 7.03. The third kappa shape index (κ3) is 3.89. The molecule has 3 N–H and O–H groups in total. The Bertz CT molecular complexity index is 608. The number of aliphatic hydroxyl groups excluding tert-OH is 1. The maximum atomic E-state index is 12.4. The molecule has 25 heavy (non-hydrogen) atoms. The van der Waals surface area contributed by atoms with Crippen molar-refractivity contribution in [1.29, 1.82) is 0 Å². The summed E-state index contributed by atoms with van der Waals surface area (Å²) in [6.45, 7) is 2.87. The van der Waals surface area contributed by atoms with Crippen LogP contribution >= 0.6 is 0 Å². The molecule has 2 fully saturated rings. The lowest BCUT2D eigenvalue weighted by molar-refractivity contribution is -0.221. The van der Waals surface area contributed by atoms with Crippen molar-refractivity contribution in [2.45, 2.75) is 43.5 Å². The largest absolute Gasteiger partial charge is 0.497 e. The number of hydrogen-bond donors (Lipinski definition) is 3. The number of piperidine rings is 1. The number of benzene rings is 1. The van der Waals surface area contributed by atoms with Gasteiger partial charge in [-0.2, -0.15) is 0 Å². The Morgan fingerprint density at radius 1 is 1.32 bits per heavy atom. The average Bonchev–Trinajstić information content (AvgIpc) is 2.59. The molecule has 2 heterocycles. The van der Waals surface area contributed by atoms with Gasteiger partial charge in [-0.15, -0.1) is 0 Å². The number of carbonyl (C=O) groups excluding carboxylic acids is 1. The first kappa shape index (κ1) is 18.0. The van der Waals surface area contributed by atoms with E-state index in [1.54, 1.807) is 43.2 Å². The first-order valence-corrected chi connectivity index (χ1v) is 8.58. The monoisotopic (exact) mass is 350 g/mol. The van der Waals surface area contributed by atoms with Crippen molar-refractivity contribution in [2.75, 3.05) is 32.1 Å². The van der Waals surface area contributed by atoms with Gasteiger partial charge in [0, 0.05) is 25.2 Å². The van der Waals surface area contributed by atoms with E-state index < -0.39 is 17.3 Å². The second kappa shape index (κ2) is 6.82. The van der Waals surface area contributed by atoms with Crippen LogP contribution in [0.15, 0.2) is 24.3 Å². The van der Waals surface area contributed by atoms with E-state index in [2.05, 4.69) is 5.32 Å². The maximum absolute atomic E-state index is 12.4. The predicted octanol–water partition coefficient (Wildman–Crippen LogP) is 1.59. The molecule has 3 rings (SSSR count). The summed E-state index contributed by atoms with van der Waals surface area (Å²) in [7, 11) is 1.60. The molecule has 1 aromatic carbocycles. The summed E-state index contributed by atoms with van der Waals surface area (Å²) in [6.07, 6.45) is 0.807. The van der Waals surface area contributed by atoms with Gasteiger partial charge in [-0.05, 0) is 44.0 Å². The van der Waals surface area contributed by atoms with Crippen LogP contribution in [0.1, 0.15) is 26.2 Å². The Labute approximate surface area is 147 Å². The number of anilines is 1. The summed E-state index contributed by atoms with van der Waals surface area (Å²) < 4.78 is 10.9. The molecule has 138 valence electrons. The number of aliphatic hydroxyl groups is 2. The van der Waals surface area contributed by atoms with Crippen LogP contribution in [0.5, 0.6) is 5.75 Å². The van der Waals surface area contributed by atoms with E-state index in [1.165, 1.54) is 0 Å². The zero-order valence-electron chi connectivity index (χ0n) is 14.7. The van der Waals surface area contributed by atoms with E-state index >= 15 is 0 Å². The molecule has 7 nitrogen and oxygen atoms in total. The fourth-order valence-electron chi connectivity index (χ4n) is 3.57. The summed E-state index contributed by atoms with van der Waals surface area (Å²) in [5.41, 5.74) is -0.892. The van der Waals surface area contributed by atoms with Crippen LogP contribution in [0, 0.1) is 0 Å². The molecule has 1 spiro atoms. The van der Waals surface area contributed by atoms with E-state index in [-0.39, 0.29) is 12.6 Å². The summed E-state index contributed by atoms with van der Waals surface area (Å²) >= 11 is 0. The number of carbonyl (C=O) groups is 1. The van der Waals surface area contributed by atoms with E-state index in [9.17, 15) is 15.0 Å². The predicted molar refractivity (Wildman–Crippen MR) is 92.8 cm³/mol. The lowest BCUT2D eigenvalue weighted by atomic mass is 9.77. The van der Waals surface area contributed by atoms with Gasteiger partial charge in [-0.25, -0.2) is 4.79 Å². The van der Waals surface area contributed by atoms with E-state index in [1.807, 2.05) is 0 Å². The smallest absolute Gasteiger partial charge is 0.321 e. The van der Waals surface area contributed by atoms with Crippen LogP contribution in [0.2, 0.25) is 0 Å². The van der Waals surface area contributed by atoms with E-state index in [0.29, 0.717) is 38.0 Å². The number of nitrogens with one attached hydrogen (secondary N) is 1. The van der Waals surface area contributed by atoms with Crippen molar-refractivity contribution in [1.82, 2.24) is 4.90 Å². The van der Waals surface area contributed by atoms with Gasteiger partial charge in [0.1, 0.15) is 11.9 Å². The molecule has 1 aromatic rings. The molecule has 0 unspecified atom stereocenters. The standard InChI is InChI=1S/C18H26N2O5/c1-17(23)12-18(25-11-15(17)21)7-9-20(10-8-18)16(22)19-13-3-5-14(24-2)6-4-13/h3-6,15,21,23H,7-12H2,1-2H3,(H,19,22)/t15-,17-/m0/s1. The van der Waals surface area contributed by atoms with Crippen LogP contribution in [0.3, 0.4) is 0 Å². The molecule has 2 saturated heterocycles. The Morgan fingerprint density at radius 2 is 1.96 bits per heavy atom. The number of hydrogen-bond acceptors (Lipinski definition) is 5. The zero-order valence-corrected chi connectivity index (χ0v) is 14.7. The van der Waals surface area contributed by atoms with Crippen LogP contribution in [-0.2, 0) is 4.74 Å². The fraction of sp³-hybridized carbons (Fsp3) is 0.611. The van der Waals surface area contributed by atoms with Gasteiger partial charge >= 0.3 is 6.03 Å². The Kier molecular flexibility index (Phi) is 4.90. The number of likely N-dealkylation sites (tertiary alicyclic amines) is 1. The van der Waals surface area contributed by atoms with Crippen LogP contribution < -0.4 is 10.1 Å². The Morgan fingerprint density at radius 3 is 2.52 bits per heavy atom. The van der Waals surface area contributed by atoms with Crippen LogP contribution in [0.25, 0.3) is 0 Å². The highest BCUT2D eigenvalue weighted by atomic mass is 16.5. The van der Waals surface area contributed by atoms with Crippen LogP contribution in [0.4, 0.5) is 10.5 Å². The topological polar surface area (TPSA) is 91.3 Å². The molecular weight excluding hydrogens is 324 g/mol. The normalized spacial score (nSPS) is 28.6. The lowest BCUT2D eigenvalue weighted by Gasteiger charge is -2.49. The number of urea groups is 1. The molecule has 0 saturated carbocycles. The third-order valence-corrected chi connectivity index (χ3v) is 5.25. The van der Waals surface area contributed by atoms with Crippen molar-refractivity contribution in [3.8, 4) is 5.75 Å². The summed E-state index contributed by atoms with van der Waals surface area (Å²) in [4.78, 5) is 14.2. The van der Waals surface area contributed by atoms with Gasteiger partial charge < -0.3 is 29.9 Å². The summed E-state index contributed by atoms with van der Waals surface area (Å²) in [5, 5.41) is 23.1. The van der Waals surface area contributed by atoms with Crippen molar-refractivity contribution in [3.05, 3.63) is 24.3 Å². The molecule has 2 amide bonds. The minimum Gasteiger partial charge on any atom is -0.497 e. The summed E-state index contributed by atoms with van der Waals surface area (Å²) in [5.74, 6) is 0.738. The Balaban J connectivity index is 1.55. The molecule has 0 radical (unpaired) electrons. The fourth-order valence-corrected chi connectivity index (χ4v) is 3.57. The molecule has 0 aliphatic carbocycles. The van der Waals surface area contributed by atoms with Gasteiger partial charge in [0.05, 0.1) is 24.9 Å². The quantitative estimate of drug-likeness (QED) is 0.753. The average molecular weight is 350 g/mol. The maximum Gasteiger partial charge on any atom is 0.321 e. The van der Waals surface area contributed by atoms with Crippen molar-refractivity contribution in [2.24, 2.45) is 0 Å². The highest BCUT2D eigenvalue weighted by Gasteiger charge is 2.48. The van der Waals surface area contributed by atoms with Gasteiger partial charge in [0.2, 0.25) is 0 Å². The number of ether oxygens (including phenoxy) is 2. The number of methoxy groups -OCH3 is 1. The molecule has 0 aromatic heterocycles. The van der Waals surface area contributed by atoms with E-state index in [4.69, 9.17) is 9.47 Å². The first-order valence-electron chi connectivity index (χ1n) is 8.58. The third-order valence-electron chi connectivity index (χ3n) is 5.25. The number of nitrogens with zero attached hydrogens (tertiary/aromatic N) is 1.